The first kappa shape index (κ1) is 23.9. The van der Waals surface area contributed by atoms with Gasteiger partial charge in [0.05, 0.1) is 18.1 Å². The predicted molar refractivity (Wildman–Crippen MR) is 129 cm³/mol. The van der Waals surface area contributed by atoms with E-state index in [2.05, 4.69) is 47.6 Å². The SMILES string of the molecule is CC(C)=CCC[C@@H]1C(=O)O[C@H]2C[C@@]3(C)C(C[C@@H](O)C4[C@@]5(C)CC[C@@H](O)[C@@H](C)C5CC[C@@]43C)C21. The number of aliphatic hydroxyl groups is 2. The average Bonchev–Trinajstić information content (AvgIpc) is 3.17. The molecule has 0 aromatic heterocycles. The first-order valence-corrected chi connectivity index (χ1v) is 13.6. The lowest BCUT2D eigenvalue weighted by atomic mass is 9.36. The van der Waals surface area contributed by atoms with E-state index in [1.165, 1.54) is 5.57 Å². The molecule has 1 aliphatic heterocycles. The maximum atomic E-state index is 12.9. The minimum absolute atomic E-state index is 0.00161. The number of aliphatic hydroxyl groups excluding tert-OH is 2. The van der Waals surface area contributed by atoms with Crippen LogP contribution in [0, 0.1) is 51.8 Å². The Morgan fingerprint density at radius 1 is 1.06 bits per heavy atom. The lowest BCUT2D eigenvalue weighted by Crippen LogP contribution is -2.66. The van der Waals surface area contributed by atoms with Crippen molar-refractivity contribution in [2.45, 2.75) is 111 Å². The third kappa shape index (κ3) is 3.18. The van der Waals surface area contributed by atoms with Crippen molar-refractivity contribution in [2.75, 3.05) is 0 Å². The standard InChI is InChI=1S/C29H46O4/c1-16(2)8-7-9-18-24-20-14-22(31)25-27(4)12-11-21(30)17(3)19(27)10-13-28(25,5)29(20,6)15-23(24)33-26(18)32/h8,17-25,30-31H,7,9-15H2,1-6H3/t17-,18-,19?,20?,21+,22+,23-,24?,25?,27-,28-,29-/m0/s1. The van der Waals surface area contributed by atoms with E-state index in [0.29, 0.717) is 17.8 Å². The lowest BCUT2D eigenvalue weighted by Gasteiger charge is -2.69. The first-order chi connectivity index (χ1) is 15.4. The van der Waals surface area contributed by atoms with Crippen LogP contribution in [0.1, 0.15) is 92.9 Å². The van der Waals surface area contributed by atoms with Crippen LogP contribution in [-0.4, -0.2) is 34.5 Å². The van der Waals surface area contributed by atoms with Gasteiger partial charge in [-0.15, -0.1) is 0 Å². The quantitative estimate of drug-likeness (QED) is 0.432. The van der Waals surface area contributed by atoms with E-state index >= 15 is 0 Å². The Kier molecular flexibility index (Phi) is 5.65. The van der Waals surface area contributed by atoms with Gasteiger partial charge in [-0.05, 0) is 105 Å². The number of esters is 1. The molecule has 4 heteroatoms. The summed E-state index contributed by atoms with van der Waals surface area (Å²) in [5.41, 5.74) is 1.48. The summed E-state index contributed by atoms with van der Waals surface area (Å²) in [7, 11) is 0. The molecule has 2 N–H and O–H groups in total. The molecule has 4 unspecified atom stereocenters. The van der Waals surface area contributed by atoms with Crippen LogP contribution in [0.3, 0.4) is 0 Å². The number of rotatable bonds is 3. The second-order valence-corrected chi connectivity index (χ2v) is 13.6. The molecule has 4 nitrogen and oxygen atoms in total. The second kappa shape index (κ2) is 7.82. The van der Waals surface area contributed by atoms with Gasteiger partial charge in [-0.2, -0.15) is 0 Å². The number of ether oxygens (including phenoxy) is 1. The Labute approximate surface area is 200 Å². The smallest absolute Gasteiger partial charge is 0.309 e. The Balaban J connectivity index is 1.48. The van der Waals surface area contributed by atoms with Crippen molar-refractivity contribution in [1.29, 1.82) is 0 Å². The van der Waals surface area contributed by atoms with Crippen molar-refractivity contribution < 1.29 is 19.7 Å². The van der Waals surface area contributed by atoms with Crippen molar-refractivity contribution in [3.8, 4) is 0 Å². The zero-order valence-electron chi connectivity index (χ0n) is 21.6. The number of hydrogen-bond acceptors (Lipinski definition) is 4. The van der Waals surface area contributed by atoms with Gasteiger partial charge in [-0.25, -0.2) is 0 Å². The topological polar surface area (TPSA) is 66.8 Å². The summed E-state index contributed by atoms with van der Waals surface area (Å²) in [5.74, 6) is 1.59. The summed E-state index contributed by atoms with van der Waals surface area (Å²) in [6.45, 7) is 13.8. The van der Waals surface area contributed by atoms with E-state index < -0.39 is 0 Å². The Bertz CT molecular complexity index is 831. The molecule has 33 heavy (non-hydrogen) atoms. The summed E-state index contributed by atoms with van der Waals surface area (Å²) in [6, 6.07) is 0. The third-order valence-electron chi connectivity index (χ3n) is 12.0. The second-order valence-electron chi connectivity index (χ2n) is 13.6. The zero-order valence-corrected chi connectivity index (χ0v) is 21.6. The first-order valence-electron chi connectivity index (χ1n) is 13.6. The average molecular weight is 459 g/mol. The molecule has 5 rings (SSSR count). The fourth-order valence-corrected chi connectivity index (χ4v) is 10.4. The van der Waals surface area contributed by atoms with Crippen molar-refractivity contribution in [3.05, 3.63) is 11.6 Å². The van der Waals surface area contributed by atoms with Crippen LogP contribution in [0.15, 0.2) is 11.6 Å². The van der Waals surface area contributed by atoms with Gasteiger partial charge in [0.2, 0.25) is 0 Å². The largest absolute Gasteiger partial charge is 0.462 e. The molecule has 0 aromatic carbocycles. The molecule has 0 spiro atoms. The van der Waals surface area contributed by atoms with Crippen molar-refractivity contribution in [2.24, 2.45) is 51.8 Å². The van der Waals surface area contributed by atoms with Crippen LogP contribution in [-0.2, 0) is 9.53 Å². The number of fused-ring (bicyclic) bond motifs is 7. The molecule has 0 aromatic rings. The Morgan fingerprint density at radius 2 is 1.79 bits per heavy atom. The van der Waals surface area contributed by atoms with Gasteiger partial charge in [0.1, 0.15) is 6.10 Å². The van der Waals surface area contributed by atoms with Gasteiger partial charge in [0.25, 0.3) is 0 Å². The zero-order chi connectivity index (χ0) is 23.9. The minimum Gasteiger partial charge on any atom is -0.462 e. The van der Waals surface area contributed by atoms with Crippen LogP contribution in [0.2, 0.25) is 0 Å². The van der Waals surface area contributed by atoms with Gasteiger partial charge < -0.3 is 14.9 Å². The maximum absolute atomic E-state index is 12.9. The van der Waals surface area contributed by atoms with E-state index in [9.17, 15) is 15.0 Å². The van der Waals surface area contributed by atoms with E-state index in [-0.39, 0.29) is 58.3 Å². The van der Waals surface area contributed by atoms with Gasteiger partial charge in [-0.1, -0.05) is 39.3 Å². The molecule has 4 aliphatic carbocycles. The highest BCUT2D eigenvalue weighted by Gasteiger charge is 2.73. The van der Waals surface area contributed by atoms with Crippen LogP contribution in [0.4, 0.5) is 0 Å². The summed E-state index contributed by atoms with van der Waals surface area (Å²) >= 11 is 0. The molecule has 5 aliphatic rings. The maximum Gasteiger partial charge on any atom is 0.309 e. The number of allylic oxidation sites excluding steroid dienone is 2. The summed E-state index contributed by atoms with van der Waals surface area (Å²) < 4.78 is 6.06. The van der Waals surface area contributed by atoms with Gasteiger partial charge in [0.15, 0.2) is 0 Å². The summed E-state index contributed by atoms with van der Waals surface area (Å²) in [5, 5.41) is 22.4. The fraction of sp³-hybridized carbons (Fsp3) is 0.897. The highest BCUT2D eigenvalue weighted by atomic mass is 16.6. The number of carbonyl (C=O) groups is 1. The van der Waals surface area contributed by atoms with Crippen LogP contribution in [0.5, 0.6) is 0 Å². The van der Waals surface area contributed by atoms with E-state index in [0.717, 1.165) is 51.4 Å². The minimum atomic E-state index is -0.337. The molecular formula is C29H46O4. The van der Waals surface area contributed by atoms with Gasteiger partial charge in [0, 0.05) is 5.92 Å². The highest BCUT2D eigenvalue weighted by molar-refractivity contribution is 5.75. The summed E-state index contributed by atoms with van der Waals surface area (Å²) in [4.78, 5) is 12.9. The van der Waals surface area contributed by atoms with Crippen molar-refractivity contribution in [3.63, 3.8) is 0 Å². The lowest BCUT2D eigenvalue weighted by molar-refractivity contribution is -0.240. The third-order valence-corrected chi connectivity index (χ3v) is 12.0. The molecule has 1 heterocycles. The molecule has 0 radical (unpaired) electrons. The Morgan fingerprint density at radius 3 is 2.48 bits per heavy atom. The molecule has 4 saturated carbocycles. The number of carbonyl (C=O) groups excluding carboxylic acids is 1. The van der Waals surface area contributed by atoms with Gasteiger partial charge >= 0.3 is 5.97 Å². The summed E-state index contributed by atoms with van der Waals surface area (Å²) in [6.07, 6.45) is 9.35. The molecule has 186 valence electrons. The van der Waals surface area contributed by atoms with E-state index in [4.69, 9.17) is 4.74 Å². The molecule has 12 atom stereocenters. The van der Waals surface area contributed by atoms with Gasteiger partial charge in [-0.3, -0.25) is 4.79 Å². The number of hydrogen-bond donors (Lipinski definition) is 2. The van der Waals surface area contributed by atoms with E-state index in [1.807, 2.05) is 0 Å². The Hall–Kier alpha value is -0.870. The molecule has 5 fully saturated rings. The van der Waals surface area contributed by atoms with Crippen molar-refractivity contribution >= 4 is 5.97 Å². The molecule has 1 saturated heterocycles. The van der Waals surface area contributed by atoms with Crippen LogP contribution < -0.4 is 0 Å². The van der Waals surface area contributed by atoms with Crippen LogP contribution in [0.25, 0.3) is 0 Å². The predicted octanol–water partition coefficient (Wildman–Crippen LogP) is 5.51. The monoisotopic (exact) mass is 458 g/mol. The fourth-order valence-electron chi connectivity index (χ4n) is 10.4. The van der Waals surface area contributed by atoms with Crippen LogP contribution >= 0.6 is 0 Å². The van der Waals surface area contributed by atoms with Crippen molar-refractivity contribution in [1.82, 2.24) is 0 Å². The molecule has 0 amide bonds. The normalized spacial score (nSPS) is 55.2. The highest BCUT2D eigenvalue weighted by Crippen LogP contribution is 2.75. The molecule has 0 bridgehead atoms. The van der Waals surface area contributed by atoms with E-state index in [1.54, 1.807) is 0 Å². The molecular weight excluding hydrogens is 412 g/mol.